The van der Waals surface area contributed by atoms with Crippen molar-refractivity contribution in [1.82, 2.24) is 19.4 Å². The Morgan fingerprint density at radius 2 is 1.88 bits per heavy atom. The van der Waals surface area contributed by atoms with E-state index in [0.717, 1.165) is 42.8 Å². The van der Waals surface area contributed by atoms with Gasteiger partial charge in [-0.3, -0.25) is 10.1 Å². The van der Waals surface area contributed by atoms with Crippen LogP contribution in [0, 0.1) is 0 Å². The minimum absolute atomic E-state index is 0.133. The Kier molecular flexibility index (Phi) is 7.42. The first kappa shape index (κ1) is 23.0. The van der Waals surface area contributed by atoms with E-state index < -0.39 is 0 Å². The summed E-state index contributed by atoms with van der Waals surface area (Å²) < 4.78 is 7.89. The van der Waals surface area contributed by atoms with E-state index in [9.17, 15) is 4.79 Å². The lowest BCUT2D eigenvalue weighted by Crippen LogP contribution is -2.27. The fraction of sp³-hybridized carbons (Fsp3) is 0.320. The molecule has 172 valence electrons. The molecule has 0 saturated heterocycles. The molecule has 2 aromatic heterocycles. The number of carbonyl (C=O) groups excluding carboxylic acids is 1. The van der Waals surface area contributed by atoms with Crippen LogP contribution in [0.1, 0.15) is 26.2 Å². The van der Waals surface area contributed by atoms with Crippen LogP contribution in [0.3, 0.4) is 0 Å². The molecule has 1 amide bonds. The summed E-state index contributed by atoms with van der Waals surface area (Å²) in [5, 5.41) is 3.58. The minimum atomic E-state index is -0.133. The highest BCUT2D eigenvalue weighted by atomic mass is 35.5. The number of hydrogen-bond donors (Lipinski definition) is 1. The number of aromatic nitrogens is 3. The van der Waals surface area contributed by atoms with Crippen LogP contribution in [0.15, 0.2) is 59.1 Å². The van der Waals surface area contributed by atoms with Crippen LogP contribution in [0.4, 0.5) is 5.95 Å². The molecule has 0 aliphatic carbocycles. The summed E-state index contributed by atoms with van der Waals surface area (Å²) >= 11 is 6.23. The molecule has 8 heteroatoms. The molecule has 0 bridgehead atoms. The van der Waals surface area contributed by atoms with E-state index in [1.165, 1.54) is 0 Å². The van der Waals surface area contributed by atoms with Crippen LogP contribution in [0.25, 0.3) is 22.4 Å². The van der Waals surface area contributed by atoms with Gasteiger partial charge in [-0.25, -0.2) is 9.97 Å². The Morgan fingerprint density at radius 1 is 1.12 bits per heavy atom. The van der Waals surface area contributed by atoms with Gasteiger partial charge in [0.25, 0.3) is 0 Å². The summed E-state index contributed by atoms with van der Waals surface area (Å²) in [5.41, 5.74) is 2.66. The normalized spacial score (nSPS) is 11.4. The van der Waals surface area contributed by atoms with Gasteiger partial charge in [0.15, 0.2) is 11.7 Å². The molecule has 0 fully saturated rings. The number of hydrogen-bond acceptors (Lipinski definition) is 5. The number of benzene rings is 2. The first-order chi connectivity index (χ1) is 16.1. The maximum atomic E-state index is 12.7. The van der Waals surface area contributed by atoms with Gasteiger partial charge < -0.3 is 13.9 Å². The third-order valence-electron chi connectivity index (χ3n) is 5.70. The molecule has 0 atom stereocenters. The second-order valence-corrected chi connectivity index (χ2v) is 8.16. The minimum Gasteiger partial charge on any atom is -0.441 e. The zero-order chi connectivity index (χ0) is 23.2. The molecule has 0 saturated carbocycles. The number of halogens is 1. The van der Waals surface area contributed by atoms with E-state index in [1.807, 2.05) is 42.5 Å². The van der Waals surface area contributed by atoms with E-state index in [-0.39, 0.29) is 12.3 Å². The summed E-state index contributed by atoms with van der Waals surface area (Å²) in [6.45, 7) is 7.90. The van der Waals surface area contributed by atoms with Crippen molar-refractivity contribution in [3.05, 3.63) is 65.6 Å². The maximum Gasteiger partial charge on any atom is 0.227 e. The number of amides is 1. The number of para-hydroxylation sites is 2. The highest BCUT2D eigenvalue weighted by Crippen LogP contribution is 2.28. The van der Waals surface area contributed by atoms with Gasteiger partial charge in [0.1, 0.15) is 0 Å². The highest BCUT2D eigenvalue weighted by Gasteiger charge is 2.15. The summed E-state index contributed by atoms with van der Waals surface area (Å²) in [7, 11) is 0. The molecule has 0 radical (unpaired) electrons. The van der Waals surface area contributed by atoms with Crippen molar-refractivity contribution in [3.8, 4) is 11.3 Å². The number of nitrogens with zero attached hydrogens (tertiary/aromatic N) is 4. The highest BCUT2D eigenvalue weighted by molar-refractivity contribution is 6.33. The van der Waals surface area contributed by atoms with Crippen LogP contribution in [-0.2, 0) is 17.8 Å². The van der Waals surface area contributed by atoms with Crippen molar-refractivity contribution in [2.75, 3.05) is 25.0 Å². The van der Waals surface area contributed by atoms with Gasteiger partial charge in [-0.15, -0.1) is 0 Å². The number of rotatable bonds is 10. The van der Waals surface area contributed by atoms with Crippen LogP contribution in [-0.4, -0.2) is 45.0 Å². The van der Waals surface area contributed by atoms with E-state index in [2.05, 4.69) is 38.6 Å². The number of imidazole rings is 1. The topological polar surface area (TPSA) is 76.2 Å². The lowest BCUT2D eigenvalue weighted by Gasteiger charge is -2.19. The third-order valence-corrected chi connectivity index (χ3v) is 6.03. The molecule has 7 nitrogen and oxygen atoms in total. The van der Waals surface area contributed by atoms with Crippen molar-refractivity contribution in [1.29, 1.82) is 0 Å². The maximum absolute atomic E-state index is 12.7. The molecule has 2 heterocycles. The standard InChI is InChI=1S/C25H28ClN5O2/c1-3-30(4-2)15-16-31-21-12-8-7-11-20(21)28-25(31)29-23(32)13-14-24-27-17-22(33-24)18-9-5-6-10-19(18)26/h5-12,17H,3-4,13-16H2,1-2H3,(H,28,29,32). The summed E-state index contributed by atoms with van der Waals surface area (Å²) in [6, 6.07) is 15.4. The average molecular weight is 466 g/mol. The molecule has 0 unspecified atom stereocenters. The van der Waals surface area contributed by atoms with Gasteiger partial charge in [0, 0.05) is 31.5 Å². The van der Waals surface area contributed by atoms with Crippen molar-refractivity contribution in [3.63, 3.8) is 0 Å². The Bertz CT molecular complexity index is 1230. The zero-order valence-corrected chi connectivity index (χ0v) is 19.7. The quantitative estimate of drug-likeness (QED) is 0.346. The molecule has 0 spiro atoms. The third kappa shape index (κ3) is 5.43. The summed E-state index contributed by atoms with van der Waals surface area (Å²) in [6.07, 6.45) is 2.26. The van der Waals surface area contributed by atoms with Crippen molar-refractivity contribution in [2.45, 2.75) is 33.2 Å². The van der Waals surface area contributed by atoms with Gasteiger partial charge in [0.2, 0.25) is 11.9 Å². The number of anilines is 1. The number of fused-ring (bicyclic) bond motifs is 1. The van der Waals surface area contributed by atoms with Crippen LogP contribution in [0.5, 0.6) is 0 Å². The molecule has 4 rings (SSSR count). The Labute approximate surface area is 198 Å². The molecule has 2 aromatic carbocycles. The SMILES string of the molecule is CCN(CC)CCn1c(NC(=O)CCc2ncc(-c3ccccc3Cl)o2)nc2ccccc21. The fourth-order valence-corrected chi connectivity index (χ4v) is 4.03. The zero-order valence-electron chi connectivity index (χ0n) is 18.9. The van der Waals surface area contributed by atoms with E-state index in [1.54, 1.807) is 12.3 Å². The van der Waals surface area contributed by atoms with E-state index in [0.29, 0.717) is 29.0 Å². The number of oxazole rings is 1. The van der Waals surface area contributed by atoms with Gasteiger partial charge in [-0.1, -0.05) is 49.7 Å². The largest absolute Gasteiger partial charge is 0.441 e. The molecule has 0 aliphatic rings. The monoisotopic (exact) mass is 465 g/mol. The number of aryl methyl sites for hydroxylation is 1. The Hall–Kier alpha value is -3.16. The molecular weight excluding hydrogens is 438 g/mol. The molecule has 4 aromatic rings. The smallest absolute Gasteiger partial charge is 0.227 e. The molecular formula is C25H28ClN5O2. The summed E-state index contributed by atoms with van der Waals surface area (Å²) in [4.78, 5) is 24.0. The fourth-order valence-electron chi connectivity index (χ4n) is 3.80. The predicted molar refractivity (Wildman–Crippen MR) is 131 cm³/mol. The van der Waals surface area contributed by atoms with Gasteiger partial charge >= 0.3 is 0 Å². The number of nitrogens with one attached hydrogen (secondary N) is 1. The van der Waals surface area contributed by atoms with E-state index in [4.69, 9.17) is 16.0 Å². The van der Waals surface area contributed by atoms with E-state index >= 15 is 0 Å². The van der Waals surface area contributed by atoms with Gasteiger partial charge in [-0.05, 0) is 37.4 Å². The molecule has 33 heavy (non-hydrogen) atoms. The first-order valence-corrected chi connectivity index (χ1v) is 11.6. The lowest BCUT2D eigenvalue weighted by atomic mass is 10.2. The van der Waals surface area contributed by atoms with Gasteiger partial charge in [-0.2, -0.15) is 0 Å². The van der Waals surface area contributed by atoms with Crippen molar-refractivity contribution < 1.29 is 9.21 Å². The lowest BCUT2D eigenvalue weighted by molar-refractivity contribution is -0.116. The number of carbonyl (C=O) groups is 1. The average Bonchev–Trinajstić information content (AvgIpc) is 3.43. The van der Waals surface area contributed by atoms with Gasteiger partial charge in [0.05, 0.1) is 22.3 Å². The second-order valence-electron chi connectivity index (χ2n) is 7.75. The Morgan fingerprint density at radius 3 is 2.67 bits per heavy atom. The molecule has 0 aliphatic heterocycles. The van der Waals surface area contributed by atoms with Crippen LogP contribution in [0.2, 0.25) is 5.02 Å². The Balaban J connectivity index is 1.43. The summed E-state index contributed by atoms with van der Waals surface area (Å²) in [5.74, 6) is 1.52. The van der Waals surface area contributed by atoms with Crippen LogP contribution >= 0.6 is 11.6 Å². The second kappa shape index (κ2) is 10.6. The first-order valence-electron chi connectivity index (χ1n) is 11.3. The number of likely N-dealkylation sites (N-methyl/N-ethyl adjacent to an activating group) is 1. The van der Waals surface area contributed by atoms with Crippen LogP contribution < -0.4 is 5.32 Å². The van der Waals surface area contributed by atoms with Crippen molar-refractivity contribution in [2.24, 2.45) is 0 Å². The van der Waals surface area contributed by atoms with Crippen molar-refractivity contribution >= 4 is 34.5 Å². The predicted octanol–water partition coefficient (Wildman–Crippen LogP) is 5.26. The molecule has 1 N–H and O–H groups in total.